The maximum Gasteiger partial charge on any atom is 0.258 e. The number of nitrogens with zero attached hydrogens (tertiary/aromatic N) is 2. The largest absolute Gasteiger partial charge is 0.508 e. The first kappa shape index (κ1) is 13.8. The Kier molecular flexibility index (Phi) is 3.94. The number of hydrogen-bond acceptors (Lipinski definition) is 6. The number of benzene rings is 1. The van der Waals surface area contributed by atoms with Crippen LogP contribution in [0.3, 0.4) is 0 Å². The molecule has 6 heteroatoms. The first-order valence-electron chi connectivity index (χ1n) is 6.53. The molecule has 0 radical (unpaired) electrons. The van der Waals surface area contributed by atoms with Crippen LogP contribution >= 0.6 is 23.5 Å². The summed E-state index contributed by atoms with van der Waals surface area (Å²) < 4.78 is 5.33. The lowest BCUT2D eigenvalue weighted by Gasteiger charge is -2.29. The van der Waals surface area contributed by atoms with Crippen LogP contribution in [0.5, 0.6) is 5.75 Å². The van der Waals surface area contributed by atoms with E-state index >= 15 is 0 Å². The van der Waals surface area contributed by atoms with E-state index < -0.39 is 0 Å². The second-order valence-corrected chi connectivity index (χ2v) is 7.87. The van der Waals surface area contributed by atoms with Crippen molar-refractivity contribution in [2.75, 3.05) is 5.75 Å². The molecule has 1 aliphatic heterocycles. The van der Waals surface area contributed by atoms with Gasteiger partial charge in [0, 0.05) is 21.8 Å². The van der Waals surface area contributed by atoms with Gasteiger partial charge in [0.2, 0.25) is 0 Å². The summed E-state index contributed by atoms with van der Waals surface area (Å²) in [7, 11) is 0. The number of thioether (sulfide) groups is 2. The topological polar surface area (TPSA) is 59.2 Å². The molecule has 106 valence electrons. The zero-order valence-corrected chi connectivity index (χ0v) is 12.9. The van der Waals surface area contributed by atoms with Crippen LogP contribution in [0.4, 0.5) is 0 Å². The highest BCUT2D eigenvalue weighted by Crippen LogP contribution is 2.43. The van der Waals surface area contributed by atoms with E-state index in [0.29, 0.717) is 16.4 Å². The van der Waals surface area contributed by atoms with Crippen LogP contribution < -0.4 is 0 Å². The van der Waals surface area contributed by atoms with E-state index in [2.05, 4.69) is 24.0 Å². The molecule has 1 fully saturated rings. The minimum atomic E-state index is 0.201. The lowest BCUT2D eigenvalue weighted by molar-refractivity contribution is 0.422. The summed E-state index contributed by atoms with van der Waals surface area (Å²) in [5.41, 5.74) is 0.749. The minimum absolute atomic E-state index is 0.201. The molecule has 3 atom stereocenters. The Hall–Kier alpha value is -1.14. The lowest BCUT2D eigenvalue weighted by atomic mass is 10.2. The highest BCUT2D eigenvalue weighted by Gasteiger charge is 2.29. The number of phenolic OH excluding ortho intramolecular Hbond substituents is 1. The quantitative estimate of drug-likeness (QED) is 0.912. The van der Waals surface area contributed by atoms with Gasteiger partial charge in [-0.05, 0) is 18.2 Å². The smallest absolute Gasteiger partial charge is 0.258 e. The van der Waals surface area contributed by atoms with Crippen LogP contribution in [0.15, 0.2) is 28.8 Å². The number of aromatic nitrogens is 2. The van der Waals surface area contributed by atoms with E-state index in [-0.39, 0.29) is 11.0 Å². The zero-order valence-electron chi connectivity index (χ0n) is 11.3. The van der Waals surface area contributed by atoms with Gasteiger partial charge >= 0.3 is 0 Å². The van der Waals surface area contributed by atoms with Crippen molar-refractivity contribution >= 4 is 23.5 Å². The van der Waals surface area contributed by atoms with Crippen molar-refractivity contribution in [3.8, 4) is 17.2 Å². The summed E-state index contributed by atoms with van der Waals surface area (Å²) in [5.74, 6) is 2.43. The molecule has 4 nitrogen and oxygen atoms in total. The summed E-state index contributed by atoms with van der Waals surface area (Å²) in [6.45, 7) is 4.50. The molecule has 3 rings (SSSR count). The standard InChI is InChI=1S/C14H16N2O2S2/c1-8-9(2)20-12(7-19-8)13-15-14(18-16-13)10-4-3-5-11(17)6-10/h3-6,8-9,12,17H,7H2,1-2H3. The van der Waals surface area contributed by atoms with Gasteiger partial charge in [-0.1, -0.05) is 25.1 Å². The third-order valence-electron chi connectivity index (χ3n) is 3.37. The number of aromatic hydroxyl groups is 1. The lowest BCUT2D eigenvalue weighted by Crippen LogP contribution is -2.22. The average Bonchev–Trinajstić information content (AvgIpc) is 2.92. The van der Waals surface area contributed by atoms with E-state index in [1.165, 1.54) is 0 Å². The van der Waals surface area contributed by atoms with Crippen molar-refractivity contribution in [3.63, 3.8) is 0 Å². The van der Waals surface area contributed by atoms with Gasteiger partial charge in [0.25, 0.3) is 5.89 Å². The number of rotatable bonds is 2. The molecular weight excluding hydrogens is 292 g/mol. The van der Waals surface area contributed by atoms with Crippen LogP contribution in [0, 0.1) is 0 Å². The molecule has 2 aromatic rings. The molecule has 0 amide bonds. The van der Waals surface area contributed by atoms with Crippen LogP contribution in [0.1, 0.15) is 24.9 Å². The van der Waals surface area contributed by atoms with Crippen LogP contribution in [0.25, 0.3) is 11.5 Å². The molecule has 20 heavy (non-hydrogen) atoms. The zero-order chi connectivity index (χ0) is 14.1. The summed E-state index contributed by atoms with van der Waals surface area (Å²) in [4.78, 5) is 4.48. The molecule has 1 N–H and O–H groups in total. The van der Waals surface area contributed by atoms with Crippen molar-refractivity contribution in [1.82, 2.24) is 10.1 Å². The molecule has 3 unspecified atom stereocenters. The van der Waals surface area contributed by atoms with Gasteiger partial charge in [-0.25, -0.2) is 0 Å². The van der Waals surface area contributed by atoms with E-state index in [0.717, 1.165) is 17.1 Å². The normalized spacial score (nSPS) is 26.6. The fraction of sp³-hybridized carbons (Fsp3) is 0.429. The Morgan fingerprint density at radius 1 is 1.30 bits per heavy atom. The second kappa shape index (κ2) is 5.69. The predicted octanol–water partition coefficient (Wildman–Crippen LogP) is 3.74. The van der Waals surface area contributed by atoms with Gasteiger partial charge in [0.1, 0.15) is 5.75 Å². The molecule has 2 heterocycles. The fourth-order valence-electron chi connectivity index (χ4n) is 2.04. The fourth-order valence-corrected chi connectivity index (χ4v) is 4.87. The van der Waals surface area contributed by atoms with Gasteiger partial charge < -0.3 is 9.63 Å². The monoisotopic (exact) mass is 308 g/mol. The third kappa shape index (κ3) is 2.81. The maximum atomic E-state index is 9.50. The van der Waals surface area contributed by atoms with E-state index in [9.17, 15) is 5.11 Å². The molecule has 1 aromatic heterocycles. The molecule has 1 saturated heterocycles. The third-order valence-corrected chi connectivity index (χ3v) is 6.76. The second-order valence-electron chi connectivity index (χ2n) is 4.88. The Morgan fingerprint density at radius 2 is 2.15 bits per heavy atom. The highest BCUT2D eigenvalue weighted by molar-refractivity contribution is 8.07. The van der Waals surface area contributed by atoms with E-state index in [1.54, 1.807) is 18.2 Å². The van der Waals surface area contributed by atoms with Crippen molar-refractivity contribution in [2.45, 2.75) is 29.6 Å². The first-order valence-corrected chi connectivity index (χ1v) is 8.52. The molecule has 0 aliphatic carbocycles. The Labute approximate surface area is 126 Å². The molecule has 1 aliphatic rings. The molecule has 0 spiro atoms. The first-order chi connectivity index (χ1) is 9.63. The molecule has 0 bridgehead atoms. The predicted molar refractivity (Wildman–Crippen MR) is 83.1 cm³/mol. The van der Waals surface area contributed by atoms with Gasteiger partial charge in [-0.3, -0.25) is 0 Å². The maximum absolute atomic E-state index is 9.50. The van der Waals surface area contributed by atoms with E-state index in [1.807, 2.05) is 29.6 Å². The average molecular weight is 308 g/mol. The Morgan fingerprint density at radius 3 is 2.90 bits per heavy atom. The van der Waals surface area contributed by atoms with Crippen LogP contribution in [-0.2, 0) is 0 Å². The van der Waals surface area contributed by atoms with Crippen molar-refractivity contribution < 1.29 is 9.63 Å². The van der Waals surface area contributed by atoms with Gasteiger partial charge in [-0.15, -0.1) is 11.8 Å². The van der Waals surface area contributed by atoms with Crippen LogP contribution in [0.2, 0.25) is 0 Å². The van der Waals surface area contributed by atoms with Gasteiger partial charge in [-0.2, -0.15) is 16.7 Å². The number of phenols is 1. The molecular formula is C14H16N2O2S2. The summed E-state index contributed by atoms with van der Waals surface area (Å²) in [6.07, 6.45) is 0. The summed E-state index contributed by atoms with van der Waals surface area (Å²) >= 11 is 3.86. The van der Waals surface area contributed by atoms with Gasteiger partial charge in [0.05, 0.1) is 5.25 Å². The van der Waals surface area contributed by atoms with Gasteiger partial charge in [0.15, 0.2) is 5.82 Å². The van der Waals surface area contributed by atoms with Crippen molar-refractivity contribution in [3.05, 3.63) is 30.1 Å². The summed E-state index contributed by atoms with van der Waals surface area (Å²) in [5, 5.41) is 15.1. The van der Waals surface area contributed by atoms with Crippen molar-refractivity contribution in [2.24, 2.45) is 0 Å². The Balaban J connectivity index is 1.80. The number of hydrogen-bond donors (Lipinski definition) is 1. The SMILES string of the molecule is CC1SCC(c2noc(-c3cccc(O)c3)n2)SC1C. The molecule has 1 aromatic carbocycles. The van der Waals surface area contributed by atoms with E-state index in [4.69, 9.17) is 4.52 Å². The van der Waals surface area contributed by atoms with Crippen molar-refractivity contribution in [1.29, 1.82) is 0 Å². The molecule has 0 saturated carbocycles. The van der Waals surface area contributed by atoms with Crippen LogP contribution in [-0.4, -0.2) is 31.5 Å². The summed E-state index contributed by atoms with van der Waals surface area (Å²) in [6, 6.07) is 6.87. The Bertz CT molecular complexity index is 602. The minimum Gasteiger partial charge on any atom is -0.508 e. The highest BCUT2D eigenvalue weighted by atomic mass is 32.2.